The van der Waals surface area contributed by atoms with Crippen molar-refractivity contribution < 1.29 is 4.42 Å². The summed E-state index contributed by atoms with van der Waals surface area (Å²) in [6.45, 7) is 0. The van der Waals surface area contributed by atoms with E-state index in [1.807, 2.05) is 12.1 Å². The molecule has 0 saturated heterocycles. The molecule has 2 nitrogen and oxygen atoms in total. The third kappa shape index (κ3) is 1.73. The molecule has 19 heavy (non-hydrogen) atoms. The number of furan rings is 1. The Morgan fingerprint density at radius 3 is 2.63 bits per heavy atom. The van der Waals surface area contributed by atoms with Gasteiger partial charge in [0.05, 0.1) is 6.26 Å². The molecule has 1 N–H and O–H groups in total. The summed E-state index contributed by atoms with van der Waals surface area (Å²) in [7, 11) is 0. The summed E-state index contributed by atoms with van der Waals surface area (Å²) in [6.07, 6.45) is 2.56. The highest BCUT2D eigenvalue weighted by Gasteiger charge is 2.05. The highest BCUT2D eigenvalue weighted by Crippen LogP contribution is 2.26. The zero-order chi connectivity index (χ0) is 12.7. The van der Waals surface area contributed by atoms with Gasteiger partial charge in [-0.2, -0.15) is 0 Å². The van der Waals surface area contributed by atoms with Crippen LogP contribution in [-0.4, -0.2) is 4.98 Å². The van der Waals surface area contributed by atoms with Gasteiger partial charge in [0.25, 0.3) is 0 Å². The third-order valence-electron chi connectivity index (χ3n) is 3.53. The monoisotopic (exact) mass is 247 g/mol. The molecular weight excluding hydrogens is 234 g/mol. The van der Waals surface area contributed by atoms with Crippen LogP contribution >= 0.6 is 0 Å². The molecule has 4 aromatic rings. The number of benzene rings is 2. The van der Waals surface area contributed by atoms with E-state index in [0.717, 1.165) is 12.2 Å². The minimum atomic E-state index is 0.836. The fourth-order valence-electron chi connectivity index (χ4n) is 2.62. The van der Waals surface area contributed by atoms with E-state index in [0.29, 0.717) is 0 Å². The van der Waals surface area contributed by atoms with E-state index >= 15 is 0 Å². The lowest BCUT2D eigenvalue weighted by Crippen LogP contribution is -1.84. The first-order chi connectivity index (χ1) is 9.40. The molecule has 92 valence electrons. The van der Waals surface area contributed by atoms with Crippen molar-refractivity contribution in [2.24, 2.45) is 0 Å². The second-order valence-electron chi connectivity index (χ2n) is 4.81. The number of hydrogen-bond acceptors (Lipinski definition) is 1. The molecule has 2 heterocycles. The van der Waals surface area contributed by atoms with Crippen LogP contribution in [0.3, 0.4) is 0 Å². The fraction of sp³-hybridized carbons (Fsp3) is 0.0588. The van der Waals surface area contributed by atoms with Crippen LogP contribution in [-0.2, 0) is 6.42 Å². The molecule has 0 aliphatic heterocycles. The maximum absolute atomic E-state index is 5.41. The predicted octanol–water partition coefficient (Wildman–Crippen LogP) is 4.50. The standard InChI is InChI=1S/C17H13NO/c1-2-6-16-14(5-1)15-11-12(7-8-17(15)18-16)10-13-4-3-9-19-13/h1-9,11,18H,10H2. The molecule has 4 rings (SSSR count). The lowest BCUT2D eigenvalue weighted by atomic mass is 10.1. The number of fused-ring (bicyclic) bond motifs is 3. The van der Waals surface area contributed by atoms with E-state index in [9.17, 15) is 0 Å². The molecule has 0 aliphatic rings. The van der Waals surface area contributed by atoms with Gasteiger partial charge in [0, 0.05) is 28.2 Å². The zero-order valence-corrected chi connectivity index (χ0v) is 10.4. The number of hydrogen-bond donors (Lipinski definition) is 1. The molecule has 0 amide bonds. The Hall–Kier alpha value is -2.48. The largest absolute Gasteiger partial charge is 0.469 e. The molecule has 2 aromatic heterocycles. The average Bonchev–Trinajstić information content (AvgIpc) is 3.06. The second kappa shape index (κ2) is 4.02. The normalized spacial score (nSPS) is 11.4. The van der Waals surface area contributed by atoms with Crippen LogP contribution in [0.1, 0.15) is 11.3 Å². The summed E-state index contributed by atoms with van der Waals surface area (Å²) in [5.74, 6) is 0.999. The van der Waals surface area contributed by atoms with Crippen molar-refractivity contribution in [1.29, 1.82) is 0 Å². The maximum atomic E-state index is 5.41. The van der Waals surface area contributed by atoms with Crippen LogP contribution in [0.25, 0.3) is 21.8 Å². The van der Waals surface area contributed by atoms with Crippen LogP contribution in [0.4, 0.5) is 0 Å². The van der Waals surface area contributed by atoms with Gasteiger partial charge >= 0.3 is 0 Å². The third-order valence-corrected chi connectivity index (χ3v) is 3.53. The molecule has 0 atom stereocenters. The first-order valence-electron chi connectivity index (χ1n) is 6.42. The Morgan fingerprint density at radius 2 is 1.74 bits per heavy atom. The first-order valence-corrected chi connectivity index (χ1v) is 6.42. The summed E-state index contributed by atoms with van der Waals surface area (Å²) in [5.41, 5.74) is 3.64. The van der Waals surface area contributed by atoms with Gasteiger partial charge in [0.2, 0.25) is 0 Å². The highest BCUT2D eigenvalue weighted by atomic mass is 16.3. The summed E-state index contributed by atoms with van der Waals surface area (Å²) in [4.78, 5) is 3.44. The lowest BCUT2D eigenvalue weighted by molar-refractivity contribution is 0.521. The summed E-state index contributed by atoms with van der Waals surface area (Å²) in [5, 5.41) is 2.55. The zero-order valence-electron chi connectivity index (χ0n) is 10.4. The Kier molecular flexibility index (Phi) is 2.21. The van der Waals surface area contributed by atoms with Crippen molar-refractivity contribution in [1.82, 2.24) is 4.98 Å². The number of nitrogens with one attached hydrogen (secondary N) is 1. The van der Waals surface area contributed by atoms with Gasteiger partial charge < -0.3 is 9.40 Å². The van der Waals surface area contributed by atoms with Gasteiger partial charge in [0.1, 0.15) is 5.76 Å². The van der Waals surface area contributed by atoms with Crippen LogP contribution in [0.15, 0.2) is 65.3 Å². The molecule has 0 saturated carbocycles. The quantitative estimate of drug-likeness (QED) is 0.555. The van der Waals surface area contributed by atoms with E-state index < -0.39 is 0 Å². The predicted molar refractivity (Wildman–Crippen MR) is 77.3 cm³/mol. The van der Waals surface area contributed by atoms with E-state index in [-0.39, 0.29) is 0 Å². The first kappa shape index (κ1) is 10.4. The summed E-state index contributed by atoms with van der Waals surface area (Å²) >= 11 is 0. The van der Waals surface area contributed by atoms with Crippen molar-refractivity contribution >= 4 is 21.8 Å². The highest BCUT2D eigenvalue weighted by molar-refractivity contribution is 6.07. The second-order valence-corrected chi connectivity index (χ2v) is 4.81. The van der Waals surface area contributed by atoms with Crippen LogP contribution < -0.4 is 0 Å². The van der Waals surface area contributed by atoms with Gasteiger partial charge in [0.15, 0.2) is 0 Å². The Bertz CT molecular complexity index is 840. The Balaban J connectivity index is 1.87. The Morgan fingerprint density at radius 1 is 0.842 bits per heavy atom. The topological polar surface area (TPSA) is 28.9 Å². The fourth-order valence-corrected chi connectivity index (χ4v) is 2.62. The van der Waals surface area contributed by atoms with Crippen LogP contribution in [0.5, 0.6) is 0 Å². The van der Waals surface area contributed by atoms with Crippen LogP contribution in [0, 0.1) is 0 Å². The van der Waals surface area contributed by atoms with Crippen molar-refractivity contribution in [2.45, 2.75) is 6.42 Å². The van der Waals surface area contributed by atoms with Crippen molar-refractivity contribution in [2.75, 3.05) is 0 Å². The average molecular weight is 247 g/mol. The Labute approximate surface area is 110 Å². The number of aromatic amines is 1. The molecule has 2 aromatic carbocycles. The minimum Gasteiger partial charge on any atom is -0.469 e. The molecule has 0 fully saturated rings. The minimum absolute atomic E-state index is 0.836. The van der Waals surface area contributed by atoms with Gasteiger partial charge in [-0.25, -0.2) is 0 Å². The molecule has 0 aliphatic carbocycles. The molecule has 0 radical (unpaired) electrons. The number of aromatic nitrogens is 1. The van der Waals surface area contributed by atoms with E-state index in [1.54, 1.807) is 6.26 Å². The molecule has 2 heteroatoms. The van der Waals surface area contributed by atoms with Crippen molar-refractivity contribution in [3.8, 4) is 0 Å². The molecule has 0 bridgehead atoms. The van der Waals surface area contributed by atoms with Gasteiger partial charge in [-0.05, 0) is 35.9 Å². The molecular formula is C17H13NO. The van der Waals surface area contributed by atoms with Crippen molar-refractivity contribution in [3.63, 3.8) is 0 Å². The smallest absolute Gasteiger partial charge is 0.108 e. The van der Waals surface area contributed by atoms with E-state index in [2.05, 4.69) is 47.4 Å². The lowest BCUT2D eigenvalue weighted by Gasteiger charge is -1.99. The summed E-state index contributed by atoms with van der Waals surface area (Å²) < 4.78 is 5.41. The van der Waals surface area contributed by atoms with E-state index in [4.69, 9.17) is 4.42 Å². The van der Waals surface area contributed by atoms with Gasteiger partial charge in [-0.1, -0.05) is 24.3 Å². The van der Waals surface area contributed by atoms with E-state index in [1.165, 1.54) is 27.4 Å². The van der Waals surface area contributed by atoms with Gasteiger partial charge in [-0.15, -0.1) is 0 Å². The van der Waals surface area contributed by atoms with Gasteiger partial charge in [-0.3, -0.25) is 0 Å². The number of H-pyrrole nitrogens is 1. The van der Waals surface area contributed by atoms with Crippen LogP contribution in [0.2, 0.25) is 0 Å². The number of rotatable bonds is 2. The molecule has 0 spiro atoms. The molecule has 0 unspecified atom stereocenters. The summed E-state index contributed by atoms with van der Waals surface area (Å²) in [6, 6.07) is 18.9. The SMILES string of the molecule is c1coc(Cc2ccc3[nH]c4ccccc4c3c2)c1. The maximum Gasteiger partial charge on any atom is 0.108 e. The number of para-hydroxylation sites is 1. The van der Waals surface area contributed by atoms with Crippen molar-refractivity contribution in [3.05, 3.63) is 72.2 Å².